The van der Waals surface area contributed by atoms with Gasteiger partial charge in [-0.3, -0.25) is 0 Å². The molecule has 6 heteroatoms. The number of hydrogen-bond acceptors (Lipinski definition) is 5. The number of hydrogen-bond donors (Lipinski definition) is 2. The minimum atomic E-state index is -1.56. The molecule has 0 saturated carbocycles. The summed E-state index contributed by atoms with van der Waals surface area (Å²) in [4.78, 5) is 16.3. The predicted molar refractivity (Wildman–Crippen MR) is 86.8 cm³/mol. The van der Waals surface area contributed by atoms with Gasteiger partial charge in [-0.25, -0.2) is 9.78 Å². The molecule has 2 aromatic rings. The molecule has 0 aliphatic carbocycles. The first-order chi connectivity index (χ1) is 10.2. The molecule has 1 unspecified atom stereocenters. The molecule has 0 radical (unpaired) electrons. The number of rotatable bonds is 5. The maximum atomic E-state index is 12.1. The van der Waals surface area contributed by atoms with E-state index < -0.39 is 17.2 Å². The smallest absolute Gasteiger partial charge is 0.342 e. The molecule has 0 fully saturated rings. The van der Waals surface area contributed by atoms with E-state index in [9.17, 15) is 9.90 Å². The normalized spacial score (nSPS) is 14.5. The zero-order valence-electron chi connectivity index (χ0n) is 12.9. The lowest BCUT2D eigenvalue weighted by atomic mass is 9.90. The Balaban J connectivity index is 2.52. The number of benzene rings is 1. The summed E-state index contributed by atoms with van der Waals surface area (Å²) in [6, 6.07) is 9.37. The summed E-state index contributed by atoms with van der Waals surface area (Å²) in [7, 11) is 0. The van der Waals surface area contributed by atoms with Gasteiger partial charge >= 0.3 is 5.97 Å². The minimum Gasteiger partial charge on any atom is -0.479 e. The number of carboxylic acid groups (broad SMARTS) is 1. The van der Waals surface area contributed by atoms with Crippen LogP contribution in [-0.2, 0) is 21.6 Å². The van der Waals surface area contributed by atoms with Crippen LogP contribution in [0.3, 0.4) is 0 Å². The summed E-state index contributed by atoms with van der Waals surface area (Å²) in [5.41, 5.74) is 4.68. The molecule has 5 nitrogen and oxygen atoms in total. The molecular weight excluding hydrogens is 300 g/mol. The highest BCUT2D eigenvalue weighted by Gasteiger charge is 2.47. The standard InChI is InChI=1S/C16H20N2O3S/c1-15(2,3)21-16(13(19)20,12-10-22-14(17)18-12)9-11-7-5-4-6-8-11/h4-8,10H,9H2,1-3H3,(H2,17,18)(H,19,20). The monoisotopic (exact) mass is 320 g/mol. The van der Waals surface area contributed by atoms with Gasteiger partial charge in [0, 0.05) is 11.8 Å². The summed E-state index contributed by atoms with van der Waals surface area (Å²) in [6.45, 7) is 5.47. The third kappa shape index (κ3) is 3.64. The molecule has 0 aliphatic rings. The second kappa shape index (κ2) is 6.06. The fourth-order valence-electron chi connectivity index (χ4n) is 2.29. The van der Waals surface area contributed by atoms with E-state index in [1.54, 1.807) is 5.38 Å². The van der Waals surface area contributed by atoms with Gasteiger partial charge in [-0.05, 0) is 26.3 Å². The summed E-state index contributed by atoms with van der Waals surface area (Å²) >= 11 is 1.21. The molecule has 0 spiro atoms. The van der Waals surface area contributed by atoms with Crippen LogP contribution in [0.4, 0.5) is 5.13 Å². The van der Waals surface area contributed by atoms with Gasteiger partial charge in [-0.2, -0.15) is 0 Å². The van der Waals surface area contributed by atoms with Gasteiger partial charge in [-0.15, -0.1) is 11.3 Å². The van der Waals surface area contributed by atoms with Crippen molar-refractivity contribution >= 4 is 22.4 Å². The first-order valence-corrected chi connectivity index (χ1v) is 7.80. The van der Waals surface area contributed by atoms with Crippen LogP contribution in [0.1, 0.15) is 32.0 Å². The number of carboxylic acids is 1. The lowest BCUT2D eigenvalue weighted by molar-refractivity contribution is -0.188. The molecule has 0 amide bonds. The number of nitrogens with zero attached hydrogens (tertiary/aromatic N) is 1. The minimum absolute atomic E-state index is 0.184. The number of aromatic nitrogens is 1. The van der Waals surface area contributed by atoms with Crippen molar-refractivity contribution in [3.63, 3.8) is 0 Å². The van der Waals surface area contributed by atoms with E-state index in [0.717, 1.165) is 5.56 Å². The fourth-order valence-corrected chi connectivity index (χ4v) is 2.91. The van der Waals surface area contributed by atoms with Crippen LogP contribution in [0.2, 0.25) is 0 Å². The average Bonchev–Trinajstić information content (AvgIpc) is 2.84. The number of ether oxygens (including phenoxy) is 1. The zero-order valence-corrected chi connectivity index (χ0v) is 13.7. The van der Waals surface area contributed by atoms with Crippen LogP contribution in [0.25, 0.3) is 0 Å². The van der Waals surface area contributed by atoms with Crippen LogP contribution in [-0.4, -0.2) is 21.7 Å². The van der Waals surface area contributed by atoms with Gasteiger partial charge < -0.3 is 15.6 Å². The van der Waals surface area contributed by atoms with Crippen molar-refractivity contribution in [2.75, 3.05) is 5.73 Å². The summed E-state index contributed by atoms with van der Waals surface area (Å²) in [5.74, 6) is -1.07. The Kier molecular flexibility index (Phi) is 4.53. The van der Waals surface area contributed by atoms with Crippen molar-refractivity contribution in [2.45, 2.75) is 38.4 Å². The van der Waals surface area contributed by atoms with Gasteiger partial charge in [0.2, 0.25) is 5.60 Å². The van der Waals surface area contributed by atoms with Crippen LogP contribution in [0, 0.1) is 0 Å². The maximum Gasteiger partial charge on any atom is 0.342 e. The van der Waals surface area contributed by atoms with Crippen LogP contribution < -0.4 is 5.73 Å². The molecule has 0 aliphatic heterocycles. The molecule has 118 valence electrons. The van der Waals surface area contributed by atoms with Gasteiger partial charge in [0.1, 0.15) is 0 Å². The van der Waals surface area contributed by atoms with Crippen molar-refractivity contribution in [1.82, 2.24) is 4.98 Å². The Hall–Kier alpha value is -1.92. The Morgan fingerprint density at radius 1 is 1.32 bits per heavy atom. The highest BCUT2D eigenvalue weighted by molar-refractivity contribution is 7.13. The number of aliphatic carboxylic acids is 1. The van der Waals surface area contributed by atoms with Crippen LogP contribution in [0.5, 0.6) is 0 Å². The largest absolute Gasteiger partial charge is 0.479 e. The average molecular weight is 320 g/mol. The van der Waals surface area contributed by atoms with E-state index >= 15 is 0 Å². The number of anilines is 1. The summed E-state index contributed by atoms with van der Waals surface area (Å²) in [6.07, 6.45) is 0.184. The molecule has 1 heterocycles. The quantitative estimate of drug-likeness (QED) is 0.884. The van der Waals surface area contributed by atoms with E-state index in [0.29, 0.717) is 10.8 Å². The predicted octanol–water partition coefficient (Wildman–Crippen LogP) is 3.06. The molecule has 3 N–H and O–H groups in total. The lowest BCUT2D eigenvalue weighted by Gasteiger charge is -2.35. The van der Waals surface area contributed by atoms with E-state index in [4.69, 9.17) is 10.5 Å². The number of nitrogens with two attached hydrogens (primary N) is 1. The van der Waals surface area contributed by atoms with E-state index in [1.165, 1.54) is 11.3 Å². The van der Waals surface area contributed by atoms with Crippen molar-refractivity contribution in [3.05, 3.63) is 47.0 Å². The van der Waals surface area contributed by atoms with Crippen molar-refractivity contribution in [3.8, 4) is 0 Å². The third-order valence-corrected chi connectivity index (χ3v) is 3.73. The lowest BCUT2D eigenvalue weighted by Crippen LogP contribution is -2.46. The second-order valence-corrected chi connectivity index (χ2v) is 6.97. The molecule has 1 aromatic carbocycles. The molecular formula is C16H20N2O3S. The van der Waals surface area contributed by atoms with E-state index in [2.05, 4.69) is 4.98 Å². The maximum absolute atomic E-state index is 12.1. The second-order valence-electron chi connectivity index (χ2n) is 6.08. The van der Waals surface area contributed by atoms with Crippen molar-refractivity contribution < 1.29 is 14.6 Å². The van der Waals surface area contributed by atoms with E-state index in [-0.39, 0.29) is 6.42 Å². The summed E-state index contributed by atoms with van der Waals surface area (Å²) in [5, 5.41) is 11.9. The first-order valence-electron chi connectivity index (χ1n) is 6.92. The highest BCUT2D eigenvalue weighted by Crippen LogP contribution is 2.36. The topological polar surface area (TPSA) is 85.4 Å². The number of carbonyl (C=O) groups is 1. The Bertz CT molecular complexity index is 649. The van der Waals surface area contributed by atoms with Crippen molar-refractivity contribution in [2.24, 2.45) is 0 Å². The Morgan fingerprint density at radius 2 is 1.95 bits per heavy atom. The van der Waals surface area contributed by atoms with Gasteiger partial charge in [-0.1, -0.05) is 30.3 Å². The number of nitrogen functional groups attached to an aromatic ring is 1. The van der Waals surface area contributed by atoms with Gasteiger partial charge in [0.05, 0.1) is 11.3 Å². The Morgan fingerprint density at radius 3 is 2.41 bits per heavy atom. The van der Waals surface area contributed by atoms with Gasteiger partial charge in [0.25, 0.3) is 0 Å². The van der Waals surface area contributed by atoms with E-state index in [1.807, 2.05) is 51.1 Å². The molecule has 0 bridgehead atoms. The van der Waals surface area contributed by atoms with Crippen LogP contribution in [0.15, 0.2) is 35.7 Å². The first kappa shape index (κ1) is 16.5. The number of thiazole rings is 1. The molecule has 0 saturated heterocycles. The summed E-state index contributed by atoms with van der Waals surface area (Å²) < 4.78 is 5.98. The molecule has 1 aromatic heterocycles. The fraction of sp³-hybridized carbons (Fsp3) is 0.375. The zero-order chi connectivity index (χ0) is 16.4. The molecule has 1 atom stereocenters. The molecule has 2 rings (SSSR count). The highest BCUT2D eigenvalue weighted by atomic mass is 32.1. The van der Waals surface area contributed by atoms with Crippen molar-refractivity contribution in [1.29, 1.82) is 0 Å². The Labute approximate surface area is 133 Å². The SMILES string of the molecule is CC(C)(C)OC(Cc1ccccc1)(C(=O)O)c1csc(N)n1. The van der Waals surface area contributed by atoms with Gasteiger partial charge in [0.15, 0.2) is 5.13 Å². The third-order valence-electron chi connectivity index (χ3n) is 3.06. The molecule has 22 heavy (non-hydrogen) atoms. The van der Waals surface area contributed by atoms with Crippen LogP contribution >= 0.6 is 11.3 Å².